The van der Waals surface area contributed by atoms with Crippen LogP contribution < -0.4 is 15.4 Å². The van der Waals surface area contributed by atoms with Crippen molar-refractivity contribution in [3.63, 3.8) is 0 Å². The van der Waals surface area contributed by atoms with Gasteiger partial charge in [0.2, 0.25) is 5.88 Å². The quantitative estimate of drug-likeness (QED) is 0.496. The van der Waals surface area contributed by atoms with E-state index in [2.05, 4.69) is 36.4 Å². The van der Waals surface area contributed by atoms with Gasteiger partial charge in [-0.2, -0.15) is 0 Å². The fourth-order valence-corrected chi connectivity index (χ4v) is 2.98. The third-order valence-electron chi connectivity index (χ3n) is 4.57. The van der Waals surface area contributed by atoms with E-state index in [9.17, 15) is 9.90 Å². The molecule has 1 atom stereocenters. The number of aliphatic hydroxyl groups is 1. The number of hydrogen-bond acceptors (Lipinski definition) is 4. The van der Waals surface area contributed by atoms with Gasteiger partial charge in [0.15, 0.2) is 0 Å². The number of aromatic nitrogens is 1. The molecule has 1 unspecified atom stereocenters. The maximum absolute atomic E-state index is 12.5. The summed E-state index contributed by atoms with van der Waals surface area (Å²) in [6.07, 6.45) is 1.06. The highest BCUT2D eigenvalue weighted by Crippen LogP contribution is 2.35. The molecule has 0 aliphatic heterocycles. The fraction of sp³-hybridized carbons (Fsp3) is 0.250. The van der Waals surface area contributed by atoms with Gasteiger partial charge in [0.05, 0.1) is 6.10 Å². The number of nitrogens with zero attached hydrogens (tertiary/aromatic N) is 1. The monoisotopic (exact) mass is 405 g/mol. The Hall–Kier alpha value is -3.38. The minimum absolute atomic E-state index is 0.103. The molecular formula is C24H27N3O3. The molecule has 0 aliphatic rings. The van der Waals surface area contributed by atoms with Crippen LogP contribution in [0.2, 0.25) is 0 Å². The normalized spacial score (nSPS) is 12.2. The van der Waals surface area contributed by atoms with Crippen LogP contribution in [0.15, 0.2) is 66.9 Å². The molecule has 6 nitrogen and oxygen atoms in total. The highest BCUT2D eigenvalue weighted by atomic mass is 16.5. The van der Waals surface area contributed by atoms with Crippen LogP contribution in [0.25, 0.3) is 0 Å². The van der Waals surface area contributed by atoms with E-state index in [4.69, 9.17) is 4.74 Å². The zero-order chi connectivity index (χ0) is 21.7. The average molecular weight is 405 g/mol. The summed E-state index contributed by atoms with van der Waals surface area (Å²) in [7, 11) is 0. The molecule has 2 amide bonds. The molecule has 3 rings (SSSR count). The van der Waals surface area contributed by atoms with Crippen LogP contribution in [-0.4, -0.2) is 16.1 Å². The molecule has 3 aromatic rings. The average Bonchev–Trinajstić information content (AvgIpc) is 2.69. The largest absolute Gasteiger partial charge is 0.437 e. The van der Waals surface area contributed by atoms with Crippen LogP contribution in [-0.2, 0) is 5.41 Å². The Labute approximate surface area is 176 Å². The van der Waals surface area contributed by atoms with Gasteiger partial charge in [-0.25, -0.2) is 9.78 Å². The molecule has 0 aliphatic carbocycles. The lowest BCUT2D eigenvalue weighted by molar-refractivity contribution is 0.199. The van der Waals surface area contributed by atoms with Crippen molar-refractivity contribution in [2.24, 2.45) is 0 Å². The summed E-state index contributed by atoms with van der Waals surface area (Å²) in [6.45, 7) is 8.03. The zero-order valence-corrected chi connectivity index (χ0v) is 17.6. The van der Waals surface area contributed by atoms with Crippen molar-refractivity contribution in [3.05, 3.63) is 78.0 Å². The summed E-state index contributed by atoms with van der Waals surface area (Å²) in [5.41, 5.74) is 2.79. The van der Waals surface area contributed by atoms with Gasteiger partial charge >= 0.3 is 6.03 Å². The van der Waals surface area contributed by atoms with Gasteiger partial charge < -0.3 is 20.5 Å². The summed E-state index contributed by atoms with van der Waals surface area (Å²) in [4.78, 5) is 16.8. The number of benzene rings is 2. The summed E-state index contributed by atoms with van der Waals surface area (Å²) >= 11 is 0. The number of amides is 2. The van der Waals surface area contributed by atoms with Gasteiger partial charge in [-0.15, -0.1) is 0 Å². The van der Waals surface area contributed by atoms with Gasteiger partial charge in [-0.05, 0) is 48.2 Å². The van der Waals surface area contributed by atoms with E-state index in [1.54, 1.807) is 49.5 Å². The molecule has 3 N–H and O–H groups in total. The van der Waals surface area contributed by atoms with Crippen molar-refractivity contribution < 1.29 is 14.6 Å². The first-order valence-electron chi connectivity index (χ1n) is 9.82. The van der Waals surface area contributed by atoms with Crippen molar-refractivity contribution in [2.45, 2.75) is 39.2 Å². The second-order valence-corrected chi connectivity index (χ2v) is 8.08. The fourth-order valence-electron chi connectivity index (χ4n) is 2.98. The van der Waals surface area contributed by atoms with Gasteiger partial charge in [0, 0.05) is 17.4 Å². The first-order valence-corrected chi connectivity index (χ1v) is 9.82. The lowest BCUT2D eigenvalue weighted by Gasteiger charge is -2.22. The number of aliphatic hydroxyl groups excluding tert-OH is 1. The number of rotatable bonds is 5. The number of hydrogen-bond donors (Lipinski definition) is 3. The van der Waals surface area contributed by atoms with Crippen LogP contribution in [0.4, 0.5) is 16.2 Å². The van der Waals surface area contributed by atoms with E-state index >= 15 is 0 Å². The van der Waals surface area contributed by atoms with Crippen LogP contribution >= 0.6 is 0 Å². The lowest BCUT2D eigenvalue weighted by atomic mass is 9.86. The molecule has 0 saturated carbocycles. The number of carbonyl (C=O) groups is 1. The Bertz CT molecular complexity index is 1010. The number of ether oxygens (including phenoxy) is 1. The molecule has 30 heavy (non-hydrogen) atoms. The molecule has 1 heterocycles. The second-order valence-electron chi connectivity index (χ2n) is 8.08. The topological polar surface area (TPSA) is 83.5 Å². The Balaban J connectivity index is 1.75. The first-order chi connectivity index (χ1) is 14.2. The van der Waals surface area contributed by atoms with Crippen molar-refractivity contribution in [1.29, 1.82) is 0 Å². The van der Waals surface area contributed by atoms with Crippen molar-refractivity contribution >= 4 is 17.4 Å². The minimum atomic E-state index is -0.557. The van der Waals surface area contributed by atoms with Crippen LogP contribution in [0, 0.1) is 0 Å². The van der Waals surface area contributed by atoms with E-state index in [1.807, 2.05) is 24.3 Å². The number of nitrogens with one attached hydrogen (secondary N) is 2. The number of para-hydroxylation sites is 1. The van der Waals surface area contributed by atoms with Crippen LogP contribution in [0.3, 0.4) is 0 Å². The number of urea groups is 1. The Morgan fingerprint density at radius 3 is 2.37 bits per heavy atom. The van der Waals surface area contributed by atoms with Crippen molar-refractivity contribution in [3.8, 4) is 11.6 Å². The number of anilines is 2. The minimum Gasteiger partial charge on any atom is -0.437 e. The number of carbonyl (C=O) groups excluding carboxylic acids is 1. The standard InChI is InChI=1S/C24H27N3O3/c1-16(28)17-11-13-18(14-12-17)26-23(29)27-20-9-7-15-25-22(20)30-21-10-6-5-8-19(21)24(2,3)4/h5-16,28H,1-4H3,(H2,26,27,29). The number of pyridine rings is 1. The van der Waals surface area contributed by atoms with E-state index in [0.717, 1.165) is 11.1 Å². The van der Waals surface area contributed by atoms with Gasteiger partial charge in [0.1, 0.15) is 11.4 Å². The predicted molar refractivity (Wildman–Crippen MR) is 119 cm³/mol. The van der Waals surface area contributed by atoms with E-state index in [1.165, 1.54) is 0 Å². The highest BCUT2D eigenvalue weighted by Gasteiger charge is 2.20. The van der Waals surface area contributed by atoms with E-state index < -0.39 is 12.1 Å². The molecular weight excluding hydrogens is 378 g/mol. The first kappa shape index (κ1) is 21.3. The van der Waals surface area contributed by atoms with Crippen molar-refractivity contribution in [2.75, 3.05) is 10.6 Å². The summed E-state index contributed by atoms with van der Waals surface area (Å²) in [5.74, 6) is 1.01. The molecule has 0 saturated heterocycles. The summed E-state index contributed by atoms with van der Waals surface area (Å²) < 4.78 is 6.08. The molecule has 0 bridgehead atoms. The lowest BCUT2D eigenvalue weighted by Crippen LogP contribution is -2.20. The Morgan fingerprint density at radius 2 is 1.70 bits per heavy atom. The van der Waals surface area contributed by atoms with Crippen molar-refractivity contribution in [1.82, 2.24) is 4.98 Å². The smallest absolute Gasteiger partial charge is 0.323 e. The van der Waals surface area contributed by atoms with Gasteiger partial charge in [0.25, 0.3) is 0 Å². The van der Waals surface area contributed by atoms with E-state index in [-0.39, 0.29) is 5.41 Å². The van der Waals surface area contributed by atoms with E-state index in [0.29, 0.717) is 23.0 Å². The second kappa shape index (κ2) is 8.97. The molecule has 1 aromatic heterocycles. The van der Waals surface area contributed by atoms with Crippen LogP contribution in [0.1, 0.15) is 44.9 Å². The highest BCUT2D eigenvalue weighted by molar-refractivity contribution is 6.00. The zero-order valence-electron chi connectivity index (χ0n) is 17.6. The van der Waals surface area contributed by atoms with Crippen LogP contribution in [0.5, 0.6) is 11.6 Å². The molecule has 156 valence electrons. The SMILES string of the molecule is CC(O)c1ccc(NC(=O)Nc2cccnc2Oc2ccccc2C(C)(C)C)cc1. The Morgan fingerprint density at radius 1 is 1.00 bits per heavy atom. The molecule has 6 heteroatoms. The maximum Gasteiger partial charge on any atom is 0.323 e. The molecule has 0 radical (unpaired) electrons. The summed E-state index contributed by atoms with van der Waals surface area (Å²) in [6, 6.07) is 17.9. The van der Waals surface area contributed by atoms with Gasteiger partial charge in [-0.1, -0.05) is 51.1 Å². The maximum atomic E-state index is 12.5. The Kier molecular flexibility index (Phi) is 6.37. The third kappa shape index (κ3) is 5.36. The van der Waals surface area contributed by atoms with Gasteiger partial charge in [-0.3, -0.25) is 0 Å². The predicted octanol–water partition coefficient (Wildman–Crippen LogP) is 5.87. The molecule has 2 aromatic carbocycles. The third-order valence-corrected chi connectivity index (χ3v) is 4.57. The molecule has 0 spiro atoms. The molecule has 0 fully saturated rings. The summed E-state index contributed by atoms with van der Waals surface area (Å²) in [5, 5.41) is 15.1.